The molecule has 1 saturated carbocycles. The van der Waals surface area contributed by atoms with Crippen LogP contribution in [0.5, 0.6) is 0 Å². The van der Waals surface area contributed by atoms with Gasteiger partial charge in [-0.05, 0) is 47.3 Å². The van der Waals surface area contributed by atoms with E-state index in [0.29, 0.717) is 27.9 Å². The lowest BCUT2D eigenvalue weighted by Gasteiger charge is -2.43. The number of ether oxygens (including phenoxy) is 1. The molecule has 0 bridgehead atoms. The predicted octanol–water partition coefficient (Wildman–Crippen LogP) is 4.15. The van der Waals surface area contributed by atoms with Crippen LogP contribution < -0.4 is 0 Å². The average Bonchev–Trinajstić information content (AvgIpc) is 2.72. The Labute approximate surface area is 182 Å². The molecule has 0 radical (unpaired) electrons. The highest BCUT2D eigenvalue weighted by Gasteiger charge is 2.48. The molecule has 1 aliphatic carbocycles. The van der Waals surface area contributed by atoms with Crippen molar-refractivity contribution in [1.82, 2.24) is 9.88 Å². The van der Waals surface area contributed by atoms with Crippen LogP contribution in [0.1, 0.15) is 41.6 Å². The molecule has 6 nitrogen and oxygen atoms in total. The summed E-state index contributed by atoms with van der Waals surface area (Å²) in [6, 6.07) is 8.61. The molecule has 1 amide bonds. The fourth-order valence-electron chi connectivity index (χ4n) is 3.67. The van der Waals surface area contributed by atoms with E-state index < -0.39 is 24.0 Å². The average molecular weight is 480 g/mol. The maximum atomic E-state index is 13.0. The van der Waals surface area contributed by atoms with E-state index in [2.05, 4.69) is 20.9 Å². The number of esters is 1. The number of hydrogen-bond acceptors (Lipinski definition) is 5. The summed E-state index contributed by atoms with van der Waals surface area (Å²) >= 11 is 9.63. The first-order valence-corrected chi connectivity index (χ1v) is 10.4. The number of amides is 1. The molecule has 0 saturated heterocycles. The number of likely N-dealkylation sites (N-methyl/N-ethyl adjacent to an activating group) is 1. The summed E-state index contributed by atoms with van der Waals surface area (Å²) in [7, 11) is 1.56. The summed E-state index contributed by atoms with van der Waals surface area (Å²) in [5.41, 5.74) is -0.327. The van der Waals surface area contributed by atoms with Gasteiger partial charge in [0.05, 0.1) is 5.56 Å². The first-order chi connectivity index (χ1) is 13.9. The van der Waals surface area contributed by atoms with Crippen LogP contribution >= 0.6 is 27.5 Å². The van der Waals surface area contributed by atoms with E-state index in [1.54, 1.807) is 37.4 Å². The lowest BCUT2D eigenvalue weighted by molar-refractivity contribution is -0.150. The van der Waals surface area contributed by atoms with Gasteiger partial charge < -0.3 is 9.64 Å². The Bertz CT molecular complexity index is 952. The summed E-state index contributed by atoms with van der Waals surface area (Å²) in [4.78, 5) is 43.5. The largest absolute Gasteiger partial charge is 0.452 e. The summed E-state index contributed by atoms with van der Waals surface area (Å²) in [5.74, 6) is -1.20. The Morgan fingerprint density at radius 1 is 1.28 bits per heavy atom. The third-order valence-electron chi connectivity index (χ3n) is 5.19. The maximum Gasteiger partial charge on any atom is 0.340 e. The van der Waals surface area contributed by atoms with Crippen molar-refractivity contribution in [1.29, 1.82) is 0 Å². The van der Waals surface area contributed by atoms with Crippen molar-refractivity contribution in [3.63, 3.8) is 0 Å². The summed E-state index contributed by atoms with van der Waals surface area (Å²) in [5, 5.41) is 0.430. The van der Waals surface area contributed by atoms with Gasteiger partial charge in [0.1, 0.15) is 5.54 Å². The van der Waals surface area contributed by atoms with Crippen LogP contribution in [0, 0.1) is 0 Å². The van der Waals surface area contributed by atoms with E-state index >= 15 is 0 Å². The minimum absolute atomic E-state index is 0.0600. The molecule has 1 atom stereocenters. The molecular weight excluding hydrogens is 460 g/mol. The Hall–Kier alpha value is -2.25. The fraction of sp³-hybridized carbons (Fsp3) is 0.333. The number of benzene rings is 1. The van der Waals surface area contributed by atoms with Gasteiger partial charge in [0.25, 0.3) is 5.91 Å². The van der Waals surface area contributed by atoms with Gasteiger partial charge in [-0.1, -0.05) is 29.8 Å². The first-order valence-electron chi connectivity index (χ1n) is 9.19. The van der Waals surface area contributed by atoms with Crippen LogP contribution in [0.3, 0.4) is 0 Å². The van der Waals surface area contributed by atoms with Crippen molar-refractivity contribution in [2.45, 2.75) is 31.2 Å². The number of carbonyl (C=O) groups excluding carboxylic acids is 3. The summed E-state index contributed by atoms with van der Waals surface area (Å²) < 4.78 is 5.79. The van der Waals surface area contributed by atoms with Gasteiger partial charge in [-0.2, -0.15) is 0 Å². The highest BCUT2D eigenvalue weighted by molar-refractivity contribution is 9.10. The molecule has 2 aromatic rings. The molecule has 152 valence electrons. The number of carbonyl (C=O) groups is 3. The van der Waals surface area contributed by atoms with Gasteiger partial charge in [0.15, 0.2) is 12.4 Å². The Morgan fingerprint density at radius 3 is 2.72 bits per heavy atom. The van der Waals surface area contributed by atoms with E-state index in [-0.39, 0.29) is 11.3 Å². The van der Waals surface area contributed by atoms with E-state index in [0.717, 1.165) is 12.8 Å². The molecule has 29 heavy (non-hydrogen) atoms. The van der Waals surface area contributed by atoms with Gasteiger partial charge in [-0.3, -0.25) is 14.6 Å². The molecule has 1 aromatic carbocycles. The van der Waals surface area contributed by atoms with Crippen LogP contribution in [-0.4, -0.2) is 41.2 Å². The van der Waals surface area contributed by atoms with Crippen molar-refractivity contribution in [3.05, 3.63) is 63.3 Å². The Morgan fingerprint density at radius 2 is 2.03 bits per heavy atom. The number of pyridine rings is 1. The van der Waals surface area contributed by atoms with Crippen LogP contribution in [0.25, 0.3) is 0 Å². The van der Waals surface area contributed by atoms with Crippen LogP contribution in [0.4, 0.5) is 0 Å². The second-order valence-electron chi connectivity index (χ2n) is 6.89. The summed E-state index contributed by atoms with van der Waals surface area (Å²) in [6.07, 6.45) is 5.30. The number of nitrogens with zero attached hydrogens (tertiary/aromatic N) is 2. The number of halogens is 2. The molecule has 1 unspecified atom stereocenters. The van der Waals surface area contributed by atoms with E-state index in [4.69, 9.17) is 16.3 Å². The SMILES string of the molecule is CN(C(=O)COC(=O)c1cncc(Br)c1)C1(c2ccccc2Cl)CCCCC1=O. The van der Waals surface area contributed by atoms with E-state index in [1.807, 2.05) is 0 Å². The van der Waals surface area contributed by atoms with Gasteiger partial charge >= 0.3 is 5.97 Å². The lowest BCUT2D eigenvalue weighted by atomic mass is 9.74. The molecule has 0 N–H and O–H groups in total. The quantitative estimate of drug-likeness (QED) is 0.602. The van der Waals surface area contributed by atoms with Crippen LogP contribution in [0.15, 0.2) is 47.2 Å². The number of Topliss-reactive ketones (excluding diaryl/α,β-unsaturated/α-hetero) is 1. The Balaban J connectivity index is 1.82. The monoisotopic (exact) mass is 478 g/mol. The zero-order valence-corrected chi connectivity index (χ0v) is 18.2. The molecule has 8 heteroatoms. The van der Waals surface area contributed by atoms with Gasteiger partial charge in [-0.25, -0.2) is 4.79 Å². The van der Waals surface area contributed by atoms with Crippen molar-refractivity contribution < 1.29 is 19.1 Å². The topological polar surface area (TPSA) is 76.6 Å². The molecule has 0 aliphatic heterocycles. The molecule has 0 spiro atoms. The Kier molecular flexibility index (Phi) is 6.70. The maximum absolute atomic E-state index is 13.0. The molecular formula is C21H20BrClN2O4. The van der Waals surface area contributed by atoms with Crippen molar-refractivity contribution >= 4 is 45.2 Å². The second-order valence-corrected chi connectivity index (χ2v) is 8.21. The fourth-order valence-corrected chi connectivity index (χ4v) is 4.33. The van der Waals surface area contributed by atoms with Crippen LogP contribution in [0.2, 0.25) is 5.02 Å². The zero-order valence-electron chi connectivity index (χ0n) is 15.9. The molecule has 1 fully saturated rings. The van der Waals surface area contributed by atoms with E-state index in [1.165, 1.54) is 17.3 Å². The second kappa shape index (κ2) is 9.05. The predicted molar refractivity (Wildman–Crippen MR) is 112 cm³/mol. The normalized spacial score (nSPS) is 18.9. The highest BCUT2D eigenvalue weighted by atomic mass is 79.9. The first kappa shape index (κ1) is 21.5. The van der Waals surface area contributed by atoms with Gasteiger partial charge in [-0.15, -0.1) is 0 Å². The van der Waals surface area contributed by atoms with Crippen molar-refractivity contribution in [2.75, 3.05) is 13.7 Å². The number of aromatic nitrogens is 1. The molecule has 1 heterocycles. The molecule has 3 rings (SSSR count). The van der Waals surface area contributed by atoms with Gasteiger partial charge in [0, 0.05) is 40.9 Å². The van der Waals surface area contributed by atoms with Crippen LogP contribution in [-0.2, 0) is 19.9 Å². The summed E-state index contributed by atoms with van der Waals surface area (Å²) in [6.45, 7) is -0.485. The molecule has 1 aliphatic rings. The lowest BCUT2D eigenvalue weighted by Crippen LogP contribution is -2.55. The number of hydrogen-bond donors (Lipinski definition) is 0. The number of ketones is 1. The number of rotatable bonds is 5. The molecule has 1 aromatic heterocycles. The van der Waals surface area contributed by atoms with Crippen molar-refractivity contribution in [3.8, 4) is 0 Å². The smallest absolute Gasteiger partial charge is 0.340 e. The third-order valence-corrected chi connectivity index (χ3v) is 5.95. The third kappa shape index (κ3) is 4.36. The minimum Gasteiger partial charge on any atom is -0.452 e. The van der Waals surface area contributed by atoms with Gasteiger partial charge in [0.2, 0.25) is 0 Å². The van der Waals surface area contributed by atoms with E-state index in [9.17, 15) is 14.4 Å². The highest BCUT2D eigenvalue weighted by Crippen LogP contribution is 2.42. The zero-order chi connectivity index (χ0) is 21.0. The minimum atomic E-state index is -1.16. The standard InChI is InChI=1S/C21H20BrClN2O4/c1-25(19(27)13-29-20(28)14-10-15(22)12-24-11-14)21(9-5-4-8-18(21)26)16-6-2-3-7-17(16)23/h2-3,6-7,10-12H,4-5,8-9,13H2,1H3. The van der Waals surface area contributed by atoms with Crippen molar-refractivity contribution in [2.24, 2.45) is 0 Å².